The minimum Gasteiger partial charge on any atom is -0.0628 e. The van der Waals surface area contributed by atoms with E-state index in [9.17, 15) is 0 Å². The predicted octanol–water partition coefficient (Wildman–Crippen LogP) is 7.57. The van der Waals surface area contributed by atoms with Crippen LogP contribution in [0.5, 0.6) is 0 Å². The summed E-state index contributed by atoms with van der Waals surface area (Å²) in [6.07, 6.45) is 9.94. The zero-order chi connectivity index (χ0) is 16.4. The lowest BCUT2D eigenvalue weighted by Gasteiger charge is -2.25. The van der Waals surface area contributed by atoms with Crippen molar-refractivity contribution >= 4 is 0 Å². The van der Waals surface area contributed by atoms with Crippen LogP contribution in [0.3, 0.4) is 0 Å². The Morgan fingerprint density at radius 2 is 1.10 bits per heavy atom. The van der Waals surface area contributed by atoms with Crippen molar-refractivity contribution in [3.63, 3.8) is 0 Å². The van der Waals surface area contributed by atoms with Gasteiger partial charge in [0, 0.05) is 0 Å². The van der Waals surface area contributed by atoms with Crippen molar-refractivity contribution in [2.24, 2.45) is 35.5 Å². The lowest BCUT2D eigenvalue weighted by molar-refractivity contribution is 0.262. The van der Waals surface area contributed by atoms with Gasteiger partial charge in [0.25, 0.3) is 0 Å². The number of hydrogen-bond acceptors (Lipinski definition) is 0. The molecule has 0 saturated carbocycles. The number of hydrogen-bond donors (Lipinski definition) is 0. The normalized spacial score (nSPS) is 18.0. The van der Waals surface area contributed by atoms with E-state index in [1.165, 1.54) is 44.9 Å². The van der Waals surface area contributed by atoms with Crippen LogP contribution in [0, 0.1) is 35.5 Å². The summed E-state index contributed by atoms with van der Waals surface area (Å²) in [7, 11) is 0. The minimum atomic E-state index is 0.850. The van der Waals surface area contributed by atoms with Gasteiger partial charge >= 0.3 is 0 Å². The molecule has 0 heteroatoms. The molecule has 0 aliphatic carbocycles. The third kappa shape index (κ3) is 12.2. The van der Waals surface area contributed by atoms with Gasteiger partial charge < -0.3 is 0 Å². The molecule has 4 unspecified atom stereocenters. The third-order valence-electron chi connectivity index (χ3n) is 5.21. The molecule has 0 bridgehead atoms. The van der Waals surface area contributed by atoms with Crippen molar-refractivity contribution in [3.8, 4) is 0 Å². The van der Waals surface area contributed by atoms with Crippen molar-refractivity contribution in [1.29, 1.82) is 0 Å². The summed E-state index contributed by atoms with van der Waals surface area (Å²) in [6.45, 7) is 19.2. The van der Waals surface area contributed by atoms with Crippen LogP contribution in [0.2, 0.25) is 0 Å². The minimum absolute atomic E-state index is 0.850. The van der Waals surface area contributed by atoms with Gasteiger partial charge in [0.1, 0.15) is 0 Å². The summed E-state index contributed by atoms with van der Waals surface area (Å²) in [4.78, 5) is 0. The SMILES string of the molecule is CC(C)CCCC(C)CCC(C)C(C)CC(C)CC(C)C. The Morgan fingerprint density at radius 3 is 1.62 bits per heavy atom. The highest BCUT2D eigenvalue weighted by Gasteiger charge is 2.17. The molecule has 0 heterocycles. The molecule has 0 amide bonds. The first-order valence-electron chi connectivity index (χ1n) is 9.72. The fraction of sp³-hybridized carbons (Fsp3) is 1.00. The summed E-state index contributed by atoms with van der Waals surface area (Å²) >= 11 is 0. The van der Waals surface area contributed by atoms with E-state index in [4.69, 9.17) is 0 Å². The Hall–Kier alpha value is 0. The summed E-state index contributed by atoms with van der Waals surface area (Å²) in [5.74, 6) is 5.33. The topological polar surface area (TPSA) is 0 Å². The number of rotatable bonds is 12. The van der Waals surface area contributed by atoms with Crippen LogP contribution in [0.1, 0.15) is 100 Å². The first kappa shape index (κ1) is 21.0. The molecule has 21 heavy (non-hydrogen) atoms. The van der Waals surface area contributed by atoms with E-state index in [-0.39, 0.29) is 0 Å². The highest BCUT2D eigenvalue weighted by atomic mass is 14.2. The highest BCUT2D eigenvalue weighted by molar-refractivity contribution is 4.68. The second-order valence-electron chi connectivity index (χ2n) is 8.93. The van der Waals surface area contributed by atoms with Crippen molar-refractivity contribution in [3.05, 3.63) is 0 Å². The molecule has 0 saturated heterocycles. The van der Waals surface area contributed by atoms with E-state index in [0.29, 0.717) is 0 Å². The van der Waals surface area contributed by atoms with Crippen LogP contribution < -0.4 is 0 Å². The first-order chi connectivity index (χ1) is 9.72. The van der Waals surface area contributed by atoms with Crippen molar-refractivity contribution < 1.29 is 0 Å². The molecule has 4 atom stereocenters. The molecular formula is C21H44. The molecule has 0 aromatic carbocycles. The molecule has 0 aromatic heterocycles. The van der Waals surface area contributed by atoms with E-state index >= 15 is 0 Å². The van der Waals surface area contributed by atoms with Crippen LogP contribution in [0.15, 0.2) is 0 Å². The monoisotopic (exact) mass is 296 g/mol. The van der Waals surface area contributed by atoms with E-state index in [1.54, 1.807) is 0 Å². The molecule has 0 N–H and O–H groups in total. The molecule has 128 valence electrons. The standard InChI is InChI=1S/C21H44/c1-16(2)10-9-11-18(5)12-13-20(7)21(8)15-19(6)14-17(3)4/h16-21H,9-15H2,1-8H3. The van der Waals surface area contributed by atoms with Crippen molar-refractivity contribution in [1.82, 2.24) is 0 Å². The van der Waals surface area contributed by atoms with Gasteiger partial charge in [-0.2, -0.15) is 0 Å². The average molecular weight is 297 g/mol. The quantitative estimate of drug-likeness (QED) is 0.348. The lowest BCUT2D eigenvalue weighted by Crippen LogP contribution is -2.14. The smallest absolute Gasteiger partial charge is 0.0414 e. The summed E-state index contributed by atoms with van der Waals surface area (Å²) in [6, 6.07) is 0. The van der Waals surface area contributed by atoms with Gasteiger partial charge in [-0.05, 0) is 48.3 Å². The fourth-order valence-corrected chi connectivity index (χ4v) is 3.62. The molecular weight excluding hydrogens is 252 g/mol. The predicted molar refractivity (Wildman–Crippen MR) is 98.7 cm³/mol. The lowest BCUT2D eigenvalue weighted by atomic mass is 9.81. The molecule has 0 spiro atoms. The van der Waals surface area contributed by atoms with Crippen molar-refractivity contribution in [2.45, 2.75) is 100 Å². The zero-order valence-electron chi connectivity index (χ0n) is 16.4. The Labute approximate surface area is 136 Å². The van der Waals surface area contributed by atoms with E-state index in [2.05, 4.69) is 55.4 Å². The first-order valence-corrected chi connectivity index (χ1v) is 9.72. The second kappa shape index (κ2) is 11.6. The van der Waals surface area contributed by atoms with E-state index in [0.717, 1.165) is 35.5 Å². The van der Waals surface area contributed by atoms with Crippen LogP contribution >= 0.6 is 0 Å². The van der Waals surface area contributed by atoms with Gasteiger partial charge in [-0.25, -0.2) is 0 Å². The highest BCUT2D eigenvalue weighted by Crippen LogP contribution is 2.28. The molecule has 0 aromatic rings. The Bertz CT molecular complexity index is 228. The zero-order valence-corrected chi connectivity index (χ0v) is 16.4. The fourth-order valence-electron chi connectivity index (χ4n) is 3.62. The van der Waals surface area contributed by atoms with Crippen molar-refractivity contribution in [2.75, 3.05) is 0 Å². The van der Waals surface area contributed by atoms with Gasteiger partial charge in [-0.3, -0.25) is 0 Å². The summed E-state index contributed by atoms with van der Waals surface area (Å²) in [5.41, 5.74) is 0. The summed E-state index contributed by atoms with van der Waals surface area (Å²) in [5, 5.41) is 0. The average Bonchev–Trinajstić information content (AvgIpc) is 2.34. The molecule has 0 aliphatic heterocycles. The van der Waals surface area contributed by atoms with Crippen LogP contribution in [0.25, 0.3) is 0 Å². The molecule has 0 aliphatic rings. The maximum atomic E-state index is 2.48. The van der Waals surface area contributed by atoms with Gasteiger partial charge in [0.2, 0.25) is 0 Å². The molecule has 0 fully saturated rings. The molecule has 0 rings (SSSR count). The van der Waals surface area contributed by atoms with E-state index in [1.807, 2.05) is 0 Å². The maximum absolute atomic E-state index is 2.48. The molecule has 0 nitrogen and oxygen atoms in total. The van der Waals surface area contributed by atoms with Gasteiger partial charge in [-0.1, -0.05) is 87.5 Å². The van der Waals surface area contributed by atoms with Crippen LogP contribution in [0.4, 0.5) is 0 Å². The van der Waals surface area contributed by atoms with Gasteiger partial charge in [0.15, 0.2) is 0 Å². The maximum Gasteiger partial charge on any atom is -0.0414 e. The van der Waals surface area contributed by atoms with E-state index < -0.39 is 0 Å². The summed E-state index contributed by atoms with van der Waals surface area (Å²) < 4.78 is 0. The van der Waals surface area contributed by atoms with Crippen LogP contribution in [-0.4, -0.2) is 0 Å². The Morgan fingerprint density at radius 1 is 0.476 bits per heavy atom. The molecule has 0 radical (unpaired) electrons. The second-order valence-corrected chi connectivity index (χ2v) is 8.93. The van der Waals surface area contributed by atoms with Gasteiger partial charge in [0.05, 0.1) is 0 Å². The van der Waals surface area contributed by atoms with Crippen LogP contribution in [-0.2, 0) is 0 Å². The Kier molecular flexibility index (Phi) is 11.6. The third-order valence-corrected chi connectivity index (χ3v) is 5.21. The largest absolute Gasteiger partial charge is 0.0628 e. The van der Waals surface area contributed by atoms with Gasteiger partial charge in [-0.15, -0.1) is 0 Å². The Balaban J connectivity index is 3.83.